The molecule has 2 nitrogen and oxygen atoms in total. The van der Waals surface area contributed by atoms with Crippen LogP contribution in [0.2, 0.25) is 0 Å². The second kappa shape index (κ2) is 11.6. The number of benzene rings is 1. The first-order chi connectivity index (χ1) is 13.7. The highest BCUT2D eigenvalue weighted by molar-refractivity contribution is 5.84. The van der Waals surface area contributed by atoms with Crippen molar-refractivity contribution in [2.45, 2.75) is 115 Å². The molecular formula is C26H41NO. The normalized spacial score (nSPS) is 26.6. The van der Waals surface area contributed by atoms with Crippen LogP contribution in [0.1, 0.15) is 120 Å². The summed E-state index contributed by atoms with van der Waals surface area (Å²) in [7, 11) is 0. The maximum atomic E-state index is 11.0. The van der Waals surface area contributed by atoms with E-state index in [1.54, 1.807) is 0 Å². The van der Waals surface area contributed by atoms with Crippen molar-refractivity contribution in [3.63, 3.8) is 0 Å². The van der Waals surface area contributed by atoms with Crippen molar-refractivity contribution in [1.29, 1.82) is 0 Å². The first-order valence-electron chi connectivity index (χ1n) is 12.1. The fourth-order valence-electron chi connectivity index (χ4n) is 5.07. The lowest BCUT2D eigenvalue weighted by Crippen LogP contribution is -2.15. The van der Waals surface area contributed by atoms with Gasteiger partial charge in [0, 0.05) is 17.8 Å². The molecule has 156 valence electrons. The lowest BCUT2D eigenvalue weighted by atomic mass is 9.86. The van der Waals surface area contributed by atoms with Gasteiger partial charge in [-0.2, -0.15) is 0 Å². The van der Waals surface area contributed by atoms with E-state index in [1.165, 1.54) is 102 Å². The summed E-state index contributed by atoms with van der Waals surface area (Å²) in [5.41, 5.74) is 2.08. The largest absolute Gasteiger partial charge is 0.507 e. The minimum Gasteiger partial charge on any atom is -0.507 e. The van der Waals surface area contributed by atoms with E-state index < -0.39 is 0 Å². The predicted molar refractivity (Wildman–Crippen MR) is 121 cm³/mol. The molecule has 2 aliphatic rings. The van der Waals surface area contributed by atoms with E-state index in [2.05, 4.69) is 19.1 Å². The summed E-state index contributed by atoms with van der Waals surface area (Å²) in [6, 6.07) is 6.75. The van der Waals surface area contributed by atoms with Crippen molar-refractivity contribution < 1.29 is 5.11 Å². The van der Waals surface area contributed by atoms with Crippen LogP contribution >= 0.6 is 0 Å². The van der Waals surface area contributed by atoms with Crippen molar-refractivity contribution >= 4 is 6.21 Å². The maximum absolute atomic E-state index is 11.0. The molecule has 0 aliphatic heterocycles. The lowest BCUT2D eigenvalue weighted by Gasteiger charge is -2.23. The van der Waals surface area contributed by atoms with Crippen LogP contribution in [0.25, 0.3) is 0 Å². The van der Waals surface area contributed by atoms with Gasteiger partial charge in [0.2, 0.25) is 0 Å². The summed E-state index contributed by atoms with van der Waals surface area (Å²) in [6.45, 7) is 2.35. The summed E-state index contributed by atoms with van der Waals surface area (Å²) in [4.78, 5) is 4.83. The minimum atomic E-state index is 0.445. The van der Waals surface area contributed by atoms with Crippen molar-refractivity contribution in [2.75, 3.05) is 0 Å². The Morgan fingerprint density at radius 2 is 1.36 bits per heavy atom. The zero-order valence-electron chi connectivity index (χ0n) is 18.0. The maximum Gasteiger partial charge on any atom is 0.127 e. The van der Waals surface area contributed by atoms with Gasteiger partial charge in [0.25, 0.3) is 0 Å². The standard InChI is InChI=1S/C26H41NO/c1-21-16-18-24(19-17-21)27-20-23-14-11-15-25(26(23)28)22-12-9-7-5-3-2-4-6-8-10-13-22/h11,14-15,20-22,24,28H,2-10,12-13,16-19H2,1H3. The molecule has 1 N–H and O–H groups in total. The predicted octanol–water partition coefficient (Wildman–Crippen LogP) is 7.78. The van der Waals surface area contributed by atoms with Crippen LogP contribution in [0.5, 0.6) is 5.75 Å². The highest BCUT2D eigenvalue weighted by Crippen LogP contribution is 2.36. The molecule has 0 radical (unpaired) electrons. The smallest absolute Gasteiger partial charge is 0.127 e. The van der Waals surface area contributed by atoms with Gasteiger partial charge in [-0.1, -0.05) is 76.8 Å². The highest BCUT2D eigenvalue weighted by Gasteiger charge is 2.19. The highest BCUT2D eigenvalue weighted by atomic mass is 16.3. The fraction of sp³-hybridized carbons (Fsp3) is 0.731. The molecule has 1 aromatic rings. The van der Waals surface area contributed by atoms with Crippen LogP contribution in [0.4, 0.5) is 0 Å². The number of aromatic hydroxyl groups is 1. The molecule has 0 atom stereocenters. The Bertz CT molecular complexity index is 588. The van der Waals surface area contributed by atoms with Gasteiger partial charge >= 0.3 is 0 Å². The molecule has 3 rings (SSSR count). The number of rotatable bonds is 3. The van der Waals surface area contributed by atoms with Gasteiger partial charge in [0.05, 0.1) is 0 Å². The third kappa shape index (κ3) is 6.64. The van der Waals surface area contributed by atoms with Gasteiger partial charge in [0.15, 0.2) is 0 Å². The molecule has 0 unspecified atom stereocenters. The Balaban J connectivity index is 1.66. The Morgan fingerprint density at radius 1 is 0.786 bits per heavy atom. The Hall–Kier alpha value is -1.31. The zero-order chi connectivity index (χ0) is 19.6. The number of para-hydroxylation sites is 1. The molecule has 0 bridgehead atoms. The van der Waals surface area contributed by atoms with E-state index in [9.17, 15) is 5.11 Å². The van der Waals surface area contributed by atoms with Gasteiger partial charge in [-0.25, -0.2) is 0 Å². The van der Waals surface area contributed by atoms with Crippen molar-refractivity contribution in [2.24, 2.45) is 10.9 Å². The Labute approximate surface area is 172 Å². The van der Waals surface area contributed by atoms with Crippen molar-refractivity contribution in [3.8, 4) is 5.75 Å². The molecule has 0 aromatic heterocycles. The van der Waals surface area contributed by atoms with Gasteiger partial charge in [0.1, 0.15) is 5.75 Å². The van der Waals surface area contributed by atoms with Gasteiger partial charge in [-0.05, 0) is 62.0 Å². The number of phenols is 1. The molecule has 0 amide bonds. The van der Waals surface area contributed by atoms with Gasteiger partial charge in [-0.15, -0.1) is 0 Å². The topological polar surface area (TPSA) is 32.6 Å². The van der Waals surface area contributed by atoms with Crippen LogP contribution in [-0.2, 0) is 0 Å². The first kappa shape index (κ1) is 21.4. The lowest BCUT2D eigenvalue weighted by molar-refractivity contribution is 0.350. The van der Waals surface area contributed by atoms with Crippen LogP contribution in [0.15, 0.2) is 23.2 Å². The quantitative estimate of drug-likeness (QED) is 0.531. The molecule has 2 fully saturated rings. The Morgan fingerprint density at radius 3 is 1.96 bits per heavy atom. The van der Waals surface area contributed by atoms with E-state index in [1.807, 2.05) is 12.3 Å². The average molecular weight is 384 g/mol. The number of hydrogen-bond acceptors (Lipinski definition) is 2. The van der Waals surface area contributed by atoms with Gasteiger partial charge in [-0.3, -0.25) is 4.99 Å². The molecule has 2 aliphatic carbocycles. The molecule has 2 heteroatoms. The molecular weight excluding hydrogens is 342 g/mol. The van der Waals surface area contributed by atoms with Crippen molar-refractivity contribution in [1.82, 2.24) is 0 Å². The second-order valence-corrected chi connectivity index (χ2v) is 9.43. The summed E-state index contributed by atoms with van der Waals surface area (Å²) in [5, 5.41) is 11.0. The summed E-state index contributed by atoms with van der Waals surface area (Å²) in [5.74, 6) is 1.85. The fourth-order valence-corrected chi connectivity index (χ4v) is 5.07. The van der Waals surface area contributed by atoms with Gasteiger partial charge < -0.3 is 5.11 Å². The van der Waals surface area contributed by atoms with Crippen LogP contribution in [0.3, 0.4) is 0 Å². The minimum absolute atomic E-state index is 0.445. The number of aliphatic imine (C=N–C) groups is 1. The number of phenolic OH excluding ortho intramolecular Hbond substituents is 1. The van der Waals surface area contributed by atoms with E-state index in [-0.39, 0.29) is 0 Å². The molecule has 0 heterocycles. The van der Waals surface area contributed by atoms with E-state index in [0.29, 0.717) is 17.7 Å². The van der Waals surface area contributed by atoms with Crippen LogP contribution in [0, 0.1) is 5.92 Å². The summed E-state index contributed by atoms with van der Waals surface area (Å²) >= 11 is 0. The van der Waals surface area contributed by atoms with E-state index in [0.717, 1.165) is 11.5 Å². The third-order valence-electron chi connectivity index (χ3n) is 7.05. The molecule has 2 saturated carbocycles. The van der Waals surface area contributed by atoms with E-state index >= 15 is 0 Å². The van der Waals surface area contributed by atoms with Crippen LogP contribution < -0.4 is 0 Å². The molecule has 0 spiro atoms. The molecule has 1 aromatic carbocycles. The molecule has 0 saturated heterocycles. The second-order valence-electron chi connectivity index (χ2n) is 9.43. The van der Waals surface area contributed by atoms with E-state index in [4.69, 9.17) is 4.99 Å². The van der Waals surface area contributed by atoms with Crippen LogP contribution in [-0.4, -0.2) is 17.4 Å². The zero-order valence-corrected chi connectivity index (χ0v) is 18.0. The number of nitrogens with zero attached hydrogens (tertiary/aromatic N) is 1. The summed E-state index contributed by atoms with van der Waals surface area (Å²) in [6.07, 6.45) is 21.6. The SMILES string of the molecule is CC1CCC(N=Cc2cccc(C3CCCCCCCCCCC3)c2O)CC1. The first-order valence-corrected chi connectivity index (χ1v) is 12.1. The number of hydrogen-bond donors (Lipinski definition) is 1. The third-order valence-corrected chi connectivity index (χ3v) is 7.05. The van der Waals surface area contributed by atoms with Crippen molar-refractivity contribution in [3.05, 3.63) is 29.3 Å². The molecule has 28 heavy (non-hydrogen) atoms. The average Bonchev–Trinajstić information content (AvgIpc) is 2.69. The summed E-state index contributed by atoms with van der Waals surface area (Å²) < 4.78 is 0. The Kier molecular flexibility index (Phi) is 8.89. The monoisotopic (exact) mass is 383 g/mol.